The second kappa shape index (κ2) is 6.21. The van der Waals surface area contributed by atoms with Crippen LogP contribution in [0.15, 0.2) is 23.2 Å². The summed E-state index contributed by atoms with van der Waals surface area (Å²) in [6, 6.07) is 0.334. The van der Waals surface area contributed by atoms with Crippen molar-refractivity contribution in [1.29, 1.82) is 0 Å². The molecule has 132 valence electrons. The van der Waals surface area contributed by atoms with Crippen molar-refractivity contribution in [3.05, 3.63) is 34.9 Å². The average molecular weight is 355 g/mol. The highest BCUT2D eigenvalue weighted by Crippen LogP contribution is 2.37. The van der Waals surface area contributed by atoms with Crippen LogP contribution in [-0.4, -0.2) is 25.7 Å². The van der Waals surface area contributed by atoms with Gasteiger partial charge in [0.05, 0.1) is 30.8 Å². The van der Waals surface area contributed by atoms with E-state index < -0.39 is 35.6 Å². The number of guanidine groups is 1. The largest absolute Gasteiger partial charge is 0.453 e. The lowest BCUT2D eigenvalue weighted by Gasteiger charge is -2.18. The molecular weight excluding hydrogens is 344 g/mol. The summed E-state index contributed by atoms with van der Waals surface area (Å²) in [6.07, 6.45) is -10.7. The summed E-state index contributed by atoms with van der Waals surface area (Å²) >= 11 is 0. The first-order valence-corrected chi connectivity index (χ1v) is 6.46. The van der Waals surface area contributed by atoms with E-state index in [1.165, 1.54) is 0 Å². The number of carbonyl (C=O) groups excluding carboxylic acids is 1. The molecule has 2 N–H and O–H groups in total. The van der Waals surface area contributed by atoms with Gasteiger partial charge in [-0.05, 0) is 23.8 Å². The number of alkyl carbamates (subject to hydrolysis) is 1. The summed E-state index contributed by atoms with van der Waals surface area (Å²) in [5, 5.41) is 4.68. The molecule has 1 aliphatic heterocycles. The van der Waals surface area contributed by atoms with Gasteiger partial charge in [0.25, 0.3) is 0 Å². The van der Waals surface area contributed by atoms with E-state index in [9.17, 15) is 31.1 Å². The first-order valence-electron chi connectivity index (χ1n) is 6.46. The van der Waals surface area contributed by atoms with E-state index in [4.69, 9.17) is 0 Å². The summed E-state index contributed by atoms with van der Waals surface area (Å²) in [4.78, 5) is 14.8. The van der Waals surface area contributed by atoms with Crippen molar-refractivity contribution in [2.24, 2.45) is 4.99 Å². The predicted octanol–water partition coefficient (Wildman–Crippen LogP) is 3.08. The van der Waals surface area contributed by atoms with Crippen molar-refractivity contribution in [2.45, 2.75) is 18.4 Å². The Labute approximate surface area is 131 Å². The van der Waals surface area contributed by atoms with Gasteiger partial charge in [0, 0.05) is 0 Å². The Balaban J connectivity index is 2.29. The number of aliphatic imine (C=N–C) groups is 1. The number of ether oxygens (including phenoxy) is 1. The summed E-state index contributed by atoms with van der Waals surface area (Å²) in [7, 11) is 1.09. The molecule has 1 unspecified atom stereocenters. The quantitative estimate of drug-likeness (QED) is 0.761. The number of hydrogen-bond acceptors (Lipinski definition) is 4. The molecule has 2 rings (SSSR count). The number of rotatable bonds is 1. The Kier molecular flexibility index (Phi) is 4.63. The molecule has 1 aliphatic rings. The zero-order chi connectivity index (χ0) is 18.1. The molecule has 0 fully saturated rings. The van der Waals surface area contributed by atoms with Gasteiger partial charge in [-0.2, -0.15) is 26.3 Å². The maximum Gasteiger partial charge on any atom is 0.416 e. The first-order chi connectivity index (χ1) is 11.0. The van der Waals surface area contributed by atoms with Crippen LogP contribution in [-0.2, 0) is 17.1 Å². The molecule has 0 radical (unpaired) electrons. The SMILES string of the molecule is COC(=O)NC1=NCC(c2cc(C(F)(F)F)cc(C(F)(F)F)c2)N1. The van der Waals surface area contributed by atoms with Crippen molar-refractivity contribution >= 4 is 12.1 Å². The van der Waals surface area contributed by atoms with E-state index in [2.05, 4.69) is 20.4 Å². The van der Waals surface area contributed by atoms with Crippen LogP contribution < -0.4 is 10.6 Å². The minimum absolute atomic E-state index is 0.0485. The number of halogens is 6. The summed E-state index contributed by atoms with van der Waals surface area (Å²) in [5.41, 5.74) is -3.07. The van der Waals surface area contributed by atoms with Gasteiger partial charge in [0.1, 0.15) is 0 Å². The second-order valence-electron chi connectivity index (χ2n) is 4.84. The predicted molar refractivity (Wildman–Crippen MR) is 70.2 cm³/mol. The maximum atomic E-state index is 12.8. The third-order valence-electron chi connectivity index (χ3n) is 3.16. The van der Waals surface area contributed by atoms with Crippen LogP contribution in [0, 0.1) is 0 Å². The van der Waals surface area contributed by atoms with Crippen molar-refractivity contribution in [3.63, 3.8) is 0 Å². The Morgan fingerprint density at radius 2 is 1.71 bits per heavy atom. The van der Waals surface area contributed by atoms with Crippen molar-refractivity contribution < 1.29 is 35.9 Å². The lowest BCUT2D eigenvalue weighted by Crippen LogP contribution is -2.39. The standard InChI is InChI=1S/C13H11F6N3O2/c1-24-11(23)22-10-20-5-9(21-10)6-2-7(12(14,15)16)4-8(3-6)13(17,18)19/h2-4,9H,5H2,1H3,(H2,20,21,22,23). The maximum absolute atomic E-state index is 12.8. The van der Waals surface area contributed by atoms with Gasteiger partial charge in [-0.25, -0.2) is 4.79 Å². The van der Waals surface area contributed by atoms with Gasteiger partial charge in [-0.15, -0.1) is 0 Å². The average Bonchev–Trinajstić information content (AvgIpc) is 2.93. The molecule has 1 aromatic carbocycles. The van der Waals surface area contributed by atoms with E-state index in [-0.39, 0.29) is 24.1 Å². The normalized spacial score (nSPS) is 18.0. The zero-order valence-electron chi connectivity index (χ0n) is 12.0. The van der Waals surface area contributed by atoms with Crippen molar-refractivity contribution in [3.8, 4) is 0 Å². The fraction of sp³-hybridized carbons (Fsp3) is 0.385. The molecule has 11 heteroatoms. The molecule has 1 aromatic rings. The van der Waals surface area contributed by atoms with Crippen LogP contribution in [0.1, 0.15) is 22.7 Å². The molecule has 0 spiro atoms. The fourth-order valence-electron chi connectivity index (χ4n) is 2.03. The molecule has 0 saturated carbocycles. The number of nitrogens with one attached hydrogen (secondary N) is 2. The van der Waals surface area contributed by atoms with Gasteiger partial charge < -0.3 is 10.1 Å². The molecule has 24 heavy (non-hydrogen) atoms. The summed E-state index contributed by atoms with van der Waals surface area (Å²) in [5.74, 6) is -0.0992. The Hall–Kier alpha value is -2.46. The van der Waals surface area contributed by atoms with Crippen LogP contribution in [0.25, 0.3) is 0 Å². The van der Waals surface area contributed by atoms with E-state index in [1.807, 2.05) is 0 Å². The van der Waals surface area contributed by atoms with E-state index in [1.54, 1.807) is 0 Å². The summed E-state index contributed by atoms with van der Waals surface area (Å²) in [6.45, 7) is -0.141. The second-order valence-corrected chi connectivity index (χ2v) is 4.84. The Bertz CT molecular complexity index is 636. The van der Waals surface area contributed by atoms with Crippen LogP contribution >= 0.6 is 0 Å². The number of hydrogen-bond donors (Lipinski definition) is 2. The number of carbonyl (C=O) groups is 1. The van der Waals surface area contributed by atoms with E-state index in [0.29, 0.717) is 12.1 Å². The smallest absolute Gasteiger partial charge is 0.416 e. The zero-order valence-corrected chi connectivity index (χ0v) is 12.0. The third kappa shape index (κ3) is 4.09. The topological polar surface area (TPSA) is 62.7 Å². The highest BCUT2D eigenvalue weighted by molar-refractivity contribution is 5.94. The Morgan fingerprint density at radius 1 is 1.17 bits per heavy atom. The molecule has 0 saturated heterocycles. The minimum atomic E-state index is -4.93. The molecule has 1 amide bonds. The molecule has 0 aromatic heterocycles. The highest BCUT2D eigenvalue weighted by atomic mass is 19.4. The summed E-state index contributed by atoms with van der Waals surface area (Å²) < 4.78 is 81.3. The number of methoxy groups -OCH3 is 1. The number of benzene rings is 1. The molecule has 1 heterocycles. The molecule has 0 aliphatic carbocycles. The van der Waals surface area contributed by atoms with Gasteiger partial charge in [-0.1, -0.05) is 0 Å². The lowest BCUT2D eigenvalue weighted by atomic mass is 10.00. The molecular formula is C13H11F6N3O2. The third-order valence-corrected chi connectivity index (χ3v) is 3.16. The van der Waals surface area contributed by atoms with Crippen LogP contribution in [0.2, 0.25) is 0 Å². The molecule has 1 atom stereocenters. The van der Waals surface area contributed by atoms with Gasteiger partial charge in [0.15, 0.2) is 0 Å². The van der Waals surface area contributed by atoms with Gasteiger partial charge in [-0.3, -0.25) is 10.3 Å². The number of nitrogens with zero attached hydrogens (tertiary/aromatic N) is 1. The highest BCUT2D eigenvalue weighted by Gasteiger charge is 2.38. The Morgan fingerprint density at radius 3 is 2.17 bits per heavy atom. The monoisotopic (exact) mass is 355 g/mol. The number of amides is 1. The van der Waals surface area contributed by atoms with E-state index in [0.717, 1.165) is 7.11 Å². The van der Waals surface area contributed by atoms with Crippen LogP contribution in [0.5, 0.6) is 0 Å². The number of alkyl halides is 6. The molecule has 5 nitrogen and oxygen atoms in total. The first kappa shape index (κ1) is 17.9. The van der Waals surface area contributed by atoms with Gasteiger partial charge in [0.2, 0.25) is 5.96 Å². The fourth-order valence-corrected chi connectivity index (χ4v) is 2.03. The van der Waals surface area contributed by atoms with E-state index >= 15 is 0 Å². The van der Waals surface area contributed by atoms with Crippen molar-refractivity contribution in [2.75, 3.05) is 13.7 Å². The minimum Gasteiger partial charge on any atom is -0.453 e. The van der Waals surface area contributed by atoms with Crippen LogP contribution in [0.3, 0.4) is 0 Å². The van der Waals surface area contributed by atoms with Gasteiger partial charge >= 0.3 is 18.4 Å². The molecule has 0 bridgehead atoms. The van der Waals surface area contributed by atoms with Crippen LogP contribution in [0.4, 0.5) is 31.1 Å². The van der Waals surface area contributed by atoms with Crippen molar-refractivity contribution in [1.82, 2.24) is 10.6 Å². The lowest BCUT2D eigenvalue weighted by molar-refractivity contribution is -0.143.